The Labute approximate surface area is 151 Å². The maximum absolute atomic E-state index is 11.3. The molecule has 0 radical (unpaired) electrons. The van der Waals surface area contributed by atoms with Crippen molar-refractivity contribution in [1.29, 1.82) is 0 Å². The molecular formula is C20H19N3O3. The molecule has 6 nitrogen and oxygen atoms in total. The van der Waals surface area contributed by atoms with E-state index in [9.17, 15) is 14.9 Å². The van der Waals surface area contributed by atoms with Crippen LogP contribution in [-0.2, 0) is 4.79 Å². The van der Waals surface area contributed by atoms with Crippen molar-refractivity contribution in [2.24, 2.45) is 5.92 Å². The molecule has 2 aliphatic rings. The lowest BCUT2D eigenvalue weighted by Crippen LogP contribution is -2.29. The number of carbonyl (C=O) groups excluding carboxylic acids is 1. The van der Waals surface area contributed by atoms with E-state index in [1.165, 1.54) is 13.0 Å². The third-order valence-electron chi connectivity index (χ3n) is 5.12. The molecule has 0 saturated carbocycles. The summed E-state index contributed by atoms with van der Waals surface area (Å²) in [4.78, 5) is 22.1. The summed E-state index contributed by atoms with van der Waals surface area (Å²) < 4.78 is 0. The summed E-state index contributed by atoms with van der Waals surface area (Å²) in [5.74, 6) is 0.419. The normalized spacial score (nSPS) is 22.9. The minimum absolute atomic E-state index is 0.00835. The molecule has 0 fully saturated rings. The van der Waals surface area contributed by atoms with Crippen molar-refractivity contribution >= 4 is 23.0 Å². The van der Waals surface area contributed by atoms with E-state index in [4.69, 9.17) is 0 Å². The lowest BCUT2D eigenvalue weighted by atomic mass is 9.77. The van der Waals surface area contributed by atoms with Gasteiger partial charge in [0.05, 0.1) is 11.0 Å². The van der Waals surface area contributed by atoms with Crippen LogP contribution in [0.2, 0.25) is 0 Å². The number of non-ortho nitro benzene ring substituents is 1. The van der Waals surface area contributed by atoms with Crippen LogP contribution >= 0.6 is 0 Å². The fraction of sp³-hybridized carbons (Fsp3) is 0.250. The maximum atomic E-state index is 11.3. The van der Waals surface area contributed by atoms with E-state index in [1.54, 1.807) is 12.1 Å². The number of benzene rings is 2. The molecule has 2 N–H and O–H groups in total. The predicted molar refractivity (Wildman–Crippen MR) is 100 cm³/mol. The first-order valence-electron chi connectivity index (χ1n) is 8.62. The zero-order valence-corrected chi connectivity index (χ0v) is 14.3. The van der Waals surface area contributed by atoms with Crippen molar-refractivity contribution in [2.45, 2.75) is 25.3 Å². The van der Waals surface area contributed by atoms with Gasteiger partial charge in [0.2, 0.25) is 5.91 Å². The van der Waals surface area contributed by atoms with Crippen LogP contribution in [0.15, 0.2) is 54.6 Å². The fourth-order valence-corrected chi connectivity index (χ4v) is 4.04. The number of hydrogen-bond acceptors (Lipinski definition) is 4. The average Bonchev–Trinajstić information content (AvgIpc) is 3.11. The molecule has 6 heteroatoms. The summed E-state index contributed by atoms with van der Waals surface area (Å²) in [7, 11) is 0. The minimum Gasteiger partial charge on any atom is -0.378 e. The van der Waals surface area contributed by atoms with Gasteiger partial charge in [-0.25, -0.2) is 0 Å². The lowest BCUT2D eigenvalue weighted by Gasteiger charge is -2.37. The Morgan fingerprint density at radius 1 is 1.27 bits per heavy atom. The van der Waals surface area contributed by atoms with E-state index >= 15 is 0 Å². The summed E-state index contributed by atoms with van der Waals surface area (Å²) in [5.41, 5.74) is 3.97. The van der Waals surface area contributed by atoms with Crippen LogP contribution in [0.5, 0.6) is 0 Å². The van der Waals surface area contributed by atoms with Crippen LogP contribution in [-0.4, -0.2) is 10.8 Å². The first-order chi connectivity index (χ1) is 12.5. The lowest BCUT2D eigenvalue weighted by molar-refractivity contribution is -0.384. The van der Waals surface area contributed by atoms with Gasteiger partial charge in [0.15, 0.2) is 0 Å². The summed E-state index contributed by atoms with van der Waals surface area (Å²) in [6, 6.07) is 12.7. The molecule has 2 aromatic rings. The molecule has 0 saturated heterocycles. The maximum Gasteiger partial charge on any atom is 0.269 e. The molecule has 4 rings (SSSR count). The molecule has 0 unspecified atom stereocenters. The molecule has 1 amide bonds. The Kier molecular flexibility index (Phi) is 3.95. The summed E-state index contributed by atoms with van der Waals surface area (Å²) in [6.07, 6.45) is 5.28. The van der Waals surface area contributed by atoms with Gasteiger partial charge in [-0.2, -0.15) is 0 Å². The fourth-order valence-electron chi connectivity index (χ4n) is 4.04. The highest BCUT2D eigenvalue weighted by atomic mass is 16.6. The summed E-state index contributed by atoms with van der Waals surface area (Å²) in [6.45, 7) is 1.49. The summed E-state index contributed by atoms with van der Waals surface area (Å²) in [5, 5.41) is 17.5. The second kappa shape index (κ2) is 6.29. The van der Waals surface area contributed by atoms with Crippen molar-refractivity contribution < 1.29 is 9.72 Å². The number of fused-ring (bicyclic) bond motifs is 3. The Balaban J connectivity index is 1.72. The van der Waals surface area contributed by atoms with Crippen LogP contribution in [0.3, 0.4) is 0 Å². The van der Waals surface area contributed by atoms with Crippen molar-refractivity contribution in [3.05, 3.63) is 75.9 Å². The SMILES string of the molecule is CC(=O)Nc1ccc2c(c1)[C@@H]1C=CC[C@H]1[C@@H](c1cccc([N+](=O)[O-])c1)N2. The van der Waals surface area contributed by atoms with Gasteiger partial charge in [-0.15, -0.1) is 0 Å². The predicted octanol–water partition coefficient (Wildman–Crippen LogP) is 4.38. The second-order valence-electron chi connectivity index (χ2n) is 6.81. The number of anilines is 2. The van der Waals surface area contributed by atoms with Crippen LogP contribution in [0.1, 0.15) is 36.4 Å². The number of nitrogens with zero attached hydrogens (tertiary/aromatic N) is 1. The minimum atomic E-state index is -0.357. The third kappa shape index (κ3) is 2.83. The third-order valence-corrected chi connectivity index (χ3v) is 5.12. The first-order valence-corrected chi connectivity index (χ1v) is 8.62. The topological polar surface area (TPSA) is 84.3 Å². The number of rotatable bonds is 3. The van der Waals surface area contributed by atoms with Crippen LogP contribution in [0.4, 0.5) is 17.1 Å². The van der Waals surface area contributed by atoms with E-state index < -0.39 is 0 Å². The second-order valence-corrected chi connectivity index (χ2v) is 6.81. The molecule has 2 aromatic carbocycles. The Morgan fingerprint density at radius 2 is 2.12 bits per heavy atom. The van der Waals surface area contributed by atoms with Gasteiger partial charge in [0.1, 0.15) is 0 Å². The number of allylic oxidation sites excluding steroid dienone is 2. The van der Waals surface area contributed by atoms with Gasteiger partial charge >= 0.3 is 0 Å². The van der Waals surface area contributed by atoms with Crippen molar-refractivity contribution in [1.82, 2.24) is 0 Å². The number of nitro benzene ring substituents is 1. The number of carbonyl (C=O) groups is 1. The molecule has 26 heavy (non-hydrogen) atoms. The number of amides is 1. The largest absolute Gasteiger partial charge is 0.378 e. The van der Waals surface area contributed by atoms with Crippen LogP contribution < -0.4 is 10.6 Å². The van der Waals surface area contributed by atoms with Crippen molar-refractivity contribution in [3.8, 4) is 0 Å². The van der Waals surface area contributed by atoms with Gasteiger partial charge in [-0.3, -0.25) is 14.9 Å². The van der Waals surface area contributed by atoms with Crippen LogP contribution in [0, 0.1) is 16.0 Å². The molecule has 132 valence electrons. The van der Waals surface area contributed by atoms with Gasteiger partial charge in [-0.05, 0) is 41.7 Å². The Bertz CT molecular complexity index is 922. The number of nitro groups is 1. The molecule has 1 aliphatic carbocycles. The zero-order chi connectivity index (χ0) is 18.3. The quantitative estimate of drug-likeness (QED) is 0.489. The molecular weight excluding hydrogens is 330 g/mol. The zero-order valence-electron chi connectivity index (χ0n) is 14.3. The molecule has 0 spiro atoms. The highest BCUT2D eigenvalue weighted by molar-refractivity contribution is 5.89. The smallest absolute Gasteiger partial charge is 0.269 e. The van der Waals surface area contributed by atoms with Gasteiger partial charge in [0.25, 0.3) is 5.69 Å². The molecule has 0 bridgehead atoms. The van der Waals surface area contributed by atoms with Crippen molar-refractivity contribution in [3.63, 3.8) is 0 Å². The van der Waals surface area contributed by atoms with Gasteiger partial charge in [0, 0.05) is 36.3 Å². The van der Waals surface area contributed by atoms with Crippen molar-refractivity contribution in [2.75, 3.05) is 10.6 Å². The van der Waals surface area contributed by atoms with E-state index in [-0.39, 0.29) is 34.4 Å². The first kappa shape index (κ1) is 16.3. The number of nitrogens with one attached hydrogen (secondary N) is 2. The van der Waals surface area contributed by atoms with E-state index in [2.05, 4.69) is 22.8 Å². The van der Waals surface area contributed by atoms with Gasteiger partial charge < -0.3 is 10.6 Å². The Hall–Kier alpha value is -3.15. The van der Waals surface area contributed by atoms with E-state index in [0.717, 1.165) is 28.9 Å². The highest BCUT2D eigenvalue weighted by Crippen LogP contribution is 2.50. The highest BCUT2D eigenvalue weighted by Gasteiger charge is 2.38. The molecule has 0 aromatic heterocycles. The van der Waals surface area contributed by atoms with Crippen LogP contribution in [0.25, 0.3) is 0 Å². The molecule has 1 aliphatic heterocycles. The molecule has 1 heterocycles. The standard InChI is InChI=1S/C20H19N3O3/c1-12(24)21-14-8-9-19-18(11-14)16-6-3-7-17(16)20(22-19)13-4-2-5-15(10-13)23(25)26/h2-6,8-11,16-17,20,22H,7H2,1H3,(H,21,24)/t16-,17-,20-/m1/s1. The number of hydrogen-bond donors (Lipinski definition) is 2. The average molecular weight is 349 g/mol. The van der Waals surface area contributed by atoms with E-state index in [1.807, 2.05) is 24.3 Å². The summed E-state index contributed by atoms with van der Waals surface area (Å²) >= 11 is 0. The van der Waals surface area contributed by atoms with Gasteiger partial charge in [-0.1, -0.05) is 24.3 Å². The molecule has 3 atom stereocenters. The Morgan fingerprint density at radius 3 is 2.88 bits per heavy atom. The van der Waals surface area contributed by atoms with E-state index in [0.29, 0.717) is 0 Å². The monoisotopic (exact) mass is 349 g/mol.